The first-order valence-electron chi connectivity index (χ1n) is 5.85. The molecule has 2 aromatic rings. The van der Waals surface area contributed by atoms with Crippen molar-refractivity contribution in [1.29, 1.82) is 0 Å². The minimum atomic E-state index is 0.873. The predicted molar refractivity (Wildman–Crippen MR) is 80.4 cm³/mol. The predicted octanol–water partition coefficient (Wildman–Crippen LogP) is 3.85. The summed E-state index contributed by atoms with van der Waals surface area (Å²) in [6, 6.07) is 10.4. The molecule has 4 heteroatoms. The Balaban J connectivity index is 1.78. The number of hydrogen-bond donors (Lipinski definition) is 1. The minimum Gasteiger partial charge on any atom is -0.496 e. The van der Waals surface area contributed by atoms with Crippen LogP contribution in [0.4, 0.5) is 0 Å². The van der Waals surface area contributed by atoms with Gasteiger partial charge in [-0.3, -0.25) is 0 Å². The molecule has 0 aliphatic carbocycles. The van der Waals surface area contributed by atoms with E-state index in [9.17, 15) is 0 Å². The van der Waals surface area contributed by atoms with Gasteiger partial charge in [0.05, 0.1) is 11.6 Å². The lowest BCUT2D eigenvalue weighted by Gasteiger charge is -2.07. The fourth-order valence-electron chi connectivity index (χ4n) is 1.72. The molecule has 1 N–H and O–H groups in total. The molecule has 0 spiro atoms. The van der Waals surface area contributed by atoms with Crippen LogP contribution in [0.3, 0.4) is 0 Å². The fourth-order valence-corrected chi connectivity index (χ4v) is 3.02. The lowest BCUT2D eigenvalue weighted by Crippen LogP contribution is -2.16. The Bertz CT molecular complexity index is 485. The van der Waals surface area contributed by atoms with Crippen LogP contribution >= 0.6 is 27.3 Å². The van der Waals surface area contributed by atoms with Crippen molar-refractivity contribution in [2.75, 3.05) is 13.7 Å². The van der Waals surface area contributed by atoms with Gasteiger partial charge < -0.3 is 10.1 Å². The highest BCUT2D eigenvalue weighted by Crippen LogP contribution is 2.25. The van der Waals surface area contributed by atoms with E-state index in [1.165, 1.54) is 10.4 Å². The van der Waals surface area contributed by atoms with Crippen LogP contribution in [0, 0.1) is 0 Å². The van der Waals surface area contributed by atoms with Gasteiger partial charge in [-0.15, -0.1) is 11.3 Å². The van der Waals surface area contributed by atoms with E-state index in [-0.39, 0.29) is 0 Å². The summed E-state index contributed by atoms with van der Waals surface area (Å²) in [4.78, 5) is 1.43. The zero-order valence-electron chi connectivity index (χ0n) is 10.3. The SMILES string of the molecule is COc1ccc(CNCCc2cccs2)cc1Br. The third-order valence-corrected chi connectivity index (χ3v) is 4.23. The fraction of sp³-hybridized carbons (Fsp3) is 0.286. The number of hydrogen-bond acceptors (Lipinski definition) is 3. The zero-order valence-corrected chi connectivity index (χ0v) is 12.7. The Labute approximate surface area is 120 Å². The van der Waals surface area contributed by atoms with Crippen LogP contribution in [0.15, 0.2) is 40.2 Å². The molecular formula is C14H16BrNOS. The van der Waals surface area contributed by atoms with E-state index in [1.54, 1.807) is 7.11 Å². The van der Waals surface area contributed by atoms with Gasteiger partial charge >= 0.3 is 0 Å². The summed E-state index contributed by atoms with van der Waals surface area (Å²) in [5, 5.41) is 5.57. The summed E-state index contributed by atoms with van der Waals surface area (Å²) in [6.07, 6.45) is 1.09. The topological polar surface area (TPSA) is 21.3 Å². The lowest BCUT2D eigenvalue weighted by atomic mass is 10.2. The van der Waals surface area contributed by atoms with E-state index in [0.29, 0.717) is 0 Å². The first-order chi connectivity index (χ1) is 8.79. The lowest BCUT2D eigenvalue weighted by molar-refractivity contribution is 0.412. The Morgan fingerprint density at radius 1 is 1.33 bits per heavy atom. The van der Waals surface area contributed by atoms with Crippen LogP contribution in [-0.2, 0) is 13.0 Å². The average Bonchev–Trinajstić information content (AvgIpc) is 2.88. The molecule has 0 saturated heterocycles. The molecule has 0 fully saturated rings. The molecular weight excluding hydrogens is 310 g/mol. The molecule has 2 nitrogen and oxygen atoms in total. The monoisotopic (exact) mass is 325 g/mol. The van der Waals surface area contributed by atoms with Crippen LogP contribution in [0.5, 0.6) is 5.75 Å². The number of ether oxygens (including phenoxy) is 1. The zero-order chi connectivity index (χ0) is 12.8. The third kappa shape index (κ3) is 3.83. The number of benzene rings is 1. The highest BCUT2D eigenvalue weighted by Gasteiger charge is 2.01. The van der Waals surface area contributed by atoms with Crippen LogP contribution in [0.2, 0.25) is 0 Å². The van der Waals surface area contributed by atoms with Crippen LogP contribution < -0.4 is 10.1 Å². The Morgan fingerprint density at radius 3 is 2.89 bits per heavy atom. The van der Waals surface area contributed by atoms with Crippen molar-refractivity contribution in [1.82, 2.24) is 5.32 Å². The van der Waals surface area contributed by atoms with Gasteiger partial charge in [0.2, 0.25) is 0 Å². The Hall–Kier alpha value is -0.840. The molecule has 0 saturated carbocycles. The molecule has 1 heterocycles. The van der Waals surface area contributed by atoms with Crippen molar-refractivity contribution in [3.63, 3.8) is 0 Å². The van der Waals surface area contributed by atoms with Crippen molar-refractivity contribution >= 4 is 27.3 Å². The van der Waals surface area contributed by atoms with Gasteiger partial charge in [-0.25, -0.2) is 0 Å². The minimum absolute atomic E-state index is 0.873. The molecule has 1 aromatic heterocycles. The molecule has 0 unspecified atom stereocenters. The summed E-state index contributed by atoms with van der Waals surface area (Å²) in [5.74, 6) is 0.873. The summed E-state index contributed by atoms with van der Waals surface area (Å²) in [6.45, 7) is 1.89. The van der Waals surface area contributed by atoms with Crippen LogP contribution in [0.25, 0.3) is 0 Å². The summed E-state index contributed by atoms with van der Waals surface area (Å²) >= 11 is 5.31. The normalized spacial score (nSPS) is 10.6. The molecule has 0 bridgehead atoms. The molecule has 0 atom stereocenters. The number of halogens is 1. The molecule has 2 rings (SSSR count). The smallest absolute Gasteiger partial charge is 0.133 e. The Morgan fingerprint density at radius 2 is 2.22 bits per heavy atom. The van der Waals surface area contributed by atoms with E-state index >= 15 is 0 Å². The first kappa shape index (κ1) is 13.6. The van der Waals surface area contributed by atoms with Gasteiger partial charge in [0.25, 0.3) is 0 Å². The van der Waals surface area contributed by atoms with E-state index in [0.717, 1.165) is 29.7 Å². The van der Waals surface area contributed by atoms with Gasteiger partial charge in [0.1, 0.15) is 5.75 Å². The second-order valence-corrected chi connectivity index (χ2v) is 5.86. The molecule has 0 aliphatic heterocycles. The summed E-state index contributed by atoms with van der Waals surface area (Å²) in [5.41, 5.74) is 1.26. The average molecular weight is 326 g/mol. The van der Waals surface area contributed by atoms with E-state index in [1.807, 2.05) is 17.4 Å². The standard InChI is InChI=1S/C14H16BrNOS/c1-17-14-5-4-11(9-13(14)15)10-16-7-6-12-3-2-8-18-12/h2-5,8-9,16H,6-7,10H2,1H3. The van der Waals surface area contributed by atoms with Crippen molar-refractivity contribution in [3.05, 3.63) is 50.6 Å². The van der Waals surface area contributed by atoms with Gasteiger partial charge in [0.15, 0.2) is 0 Å². The summed E-state index contributed by atoms with van der Waals surface area (Å²) in [7, 11) is 1.68. The quantitative estimate of drug-likeness (QED) is 0.814. The van der Waals surface area contributed by atoms with Crippen molar-refractivity contribution in [3.8, 4) is 5.75 Å². The number of nitrogens with one attached hydrogen (secondary N) is 1. The third-order valence-electron chi connectivity index (χ3n) is 2.67. The van der Waals surface area contributed by atoms with Gasteiger partial charge in [-0.05, 0) is 51.5 Å². The second kappa shape index (κ2) is 6.92. The molecule has 96 valence electrons. The maximum absolute atomic E-state index is 5.21. The molecule has 0 aliphatic rings. The van der Waals surface area contributed by atoms with Crippen LogP contribution in [0.1, 0.15) is 10.4 Å². The van der Waals surface area contributed by atoms with Gasteiger partial charge in [-0.2, -0.15) is 0 Å². The van der Waals surface area contributed by atoms with Crippen molar-refractivity contribution in [2.45, 2.75) is 13.0 Å². The van der Waals surface area contributed by atoms with E-state index < -0.39 is 0 Å². The largest absolute Gasteiger partial charge is 0.496 e. The van der Waals surface area contributed by atoms with Crippen molar-refractivity contribution in [2.24, 2.45) is 0 Å². The highest BCUT2D eigenvalue weighted by atomic mass is 79.9. The first-order valence-corrected chi connectivity index (χ1v) is 7.52. The molecule has 1 aromatic carbocycles. The van der Waals surface area contributed by atoms with Crippen LogP contribution in [-0.4, -0.2) is 13.7 Å². The van der Waals surface area contributed by atoms with Gasteiger partial charge in [-0.1, -0.05) is 12.1 Å². The molecule has 0 amide bonds. The Kier molecular flexibility index (Phi) is 5.23. The maximum atomic E-state index is 5.21. The van der Waals surface area contributed by atoms with E-state index in [4.69, 9.17) is 4.74 Å². The number of thiophene rings is 1. The maximum Gasteiger partial charge on any atom is 0.133 e. The van der Waals surface area contributed by atoms with Gasteiger partial charge in [0, 0.05) is 18.0 Å². The number of rotatable bonds is 6. The number of methoxy groups -OCH3 is 1. The molecule has 18 heavy (non-hydrogen) atoms. The second-order valence-electron chi connectivity index (χ2n) is 3.98. The summed E-state index contributed by atoms with van der Waals surface area (Å²) < 4.78 is 6.21. The van der Waals surface area contributed by atoms with Crippen molar-refractivity contribution < 1.29 is 4.74 Å². The molecule has 0 radical (unpaired) electrons. The highest BCUT2D eigenvalue weighted by molar-refractivity contribution is 9.10. The van der Waals surface area contributed by atoms with E-state index in [2.05, 4.69) is 50.9 Å².